The predicted octanol–water partition coefficient (Wildman–Crippen LogP) is -1.79. The van der Waals surface area contributed by atoms with Crippen LogP contribution in [0.1, 0.15) is 0 Å². The number of aliphatic hydroxyl groups excluding tert-OH is 6. The van der Waals surface area contributed by atoms with Gasteiger partial charge in [-0.1, -0.05) is 0 Å². The number of phenols is 3. The first-order valence-corrected chi connectivity index (χ1v) is 12.0. The van der Waals surface area contributed by atoms with Crippen LogP contribution in [0.4, 0.5) is 0 Å². The Bertz CT molecular complexity index is 1440. The van der Waals surface area contributed by atoms with E-state index in [2.05, 4.69) is 0 Å². The number of ether oxygens (including phenoxy) is 4. The maximum absolute atomic E-state index is 13.2. The number of hydrogen-bond acceptors (Lipinski definition) is 15. The van der Waals surface area contributed by atoms with Gasteiger partial charge in [0.25, 0.3) is 0 Å². The normalized spacial score (nSPS) is 30.8. The summed E-state index contributed by atoms with van der Waals surface area (Å²) in [5.41, 5.74) is -1.10. The van der Waals surface area contributed by atoms with E-state index >= 15 is 0 Å². The van der Waals surface area contributed by atoms with Crippen molar-refractivity contribution in [3.05, 3.63) is 40.6 Å². The molecule has 2 aliphatic rings. The Morgan fingerprint density at radius 2 is 1.23 bits per heavy atom. The van der Waals surface area contributed by atoms with E-state index in [1.54, 1.807) is 0 Å². The molecule has 15 nitrogen and oxygen atoms in total. The van der Waals surface area contributed by atoms with Crippen molar-refractivity contribution in [2.24, 2.45) is 0 Å². The van der Waals surface area contributed by atoms with Gasteiger partial charge in [-0.15, -0.1) is 0 Å². The Balaban J connectivity index is 1.66. The second-order valence-electron chi connectivity index (χ2n) is 9.32. The molecule has 0 amide bonds. The Kier molecular flexibility index (Phi) is 7.47. The van der Waals surface area contributed by atoms with Crippen LogP contribution in [0.3, 0.4) is 0 Å². The van der Waals surface area contributed by atoms with Gasteiger partial charge in [0, 0.05) is 11.6 Å². The van der Waals surface area contributed by atoms with Gasteiger partial charge in [-0.05, 0) is 24.3 Å². The summed E-state index contributed by atoms with van der Waals surface area (Å²) in [6.45, 7) is -0.962. The van der Waals surface area contributed by atoms with Gasteiger partial charge in [0.05, 0.1) is 13.2 Å². The van der Waals surface area contributed by atoms with E-state index in [0.717, 1.165) is 6.07 Å². The van der Waals surface area contributed by atoms with Gasteiger partial charge in [0.15, 0.2) is 16.8 Å². The van der Waals surface area contributed by atoms with Crippen molar-refractivity contribution in [3.63, 3.8) is 0 Å². The molecule has 3 aromatic rings. The fourth-order valence-electron chi connectivity index (χ4n) is 4.30. The van der Waals surface area contributed by atoms with Crippen LogP contribution in [-0.2, 0) is 9.47 Å². The highest BCUT2D eigenvalue weighted by Gasteiger charge is 2.42. The van der Waals surface area contributed by atoms with Gasteiger partial charge in [0.1, 0.15) is 53.5 Å². The van der Waals surface area contributed by atoms with E-state index in [1.165, 1.54) is 24.3 Å². The lowest BCUT2D eigenvalue weighted by Gasteiger charge is -2.36. The smallest absolute Gasteiger partial charge is 0.229 e. The van der Waals surface area contributed by atoms with Crippen LogP contribution < -0.4 is 14.9 Å². The fraction of sp³-hybridized carbons (Fsp3) is 0.400. The predicted molar refractivity (Wildman–Crippen MR) is 130 cm³/mol. The van der Waals surface area contributed by atoms with Gasteiger partial charge >= 0.3 is 0 Å². The lowest BCUT2D eigenvalue weighted by molar-refractivity contribution is -0.243. The van der Waals surface area contributed by atoms with Crippen molar-refractivity contribution in [3.8, 4) is 40.1 Å². The number of aromatic hydroxyl groups is 3. The molecule has 0 saturated carbocycles. The second kappa shape index (κ2) is 10.7. The zero-order chi connectivity index (χ0) is 28.9. The van der Waals surface area contributed by atoms with Gasteiger partial charge in [-0.2, -0.15) is 0 Å². The van der Waals surface area contributed by atoms with Crippen LogP contribution in [-0.4, -0.2) is 108 Å². The zero-order valence-corrected chi connectivity index (χ0v) is 20.4. The third-order valence-corrected chi connectivity index (χ3v) is 6.56. The molecule has 0 spiro atoms. The average molecular weight is 566 g/mol. The number of aliphatic hydroxyl groups is 6. The Hall–Kier alpha value is -3.67. The molecule has 0 bridgehead atoms. The highest BCUT2D eigenvalue weighted by Crippen LogP contribution is 2.51. The highest BCUT2D eigenvalue weighted by atomic mass is 16.7. The summed E-state index contributed by atoms with van der Waals surface area (Å²) < 4.78 is 27.2. The van der Waals surface area contributed by atoms with Crippen molar-refractivity contribution < 1.29 is 69.3 Å². The largest absolute Gasteiger partial charge is 0.508 e. The van der Waals surface area contributed by atoms with E-state index < -0.39 is 102 Å². The van der Waals surface area contributed by atoms with Crippen molar-refractivity contribution in [1.82, 2.24) is 0 Å². The highest BCUT2D eigenvalue weighted by molar-refractivity contribution is 5.95. The molecule has 8 atom stereocenters. The standard InChI is InChI=1S/C25H26O15/c26-9-3-1-8(2-4-9)13-5-10(27)14-17(32)22(39-24-18(33)15(30)11(28)6-36-24)20(35)23(21(14)38-13)40-25-19(34)16(31)12(29)7-37-25/h1-5,11-12,15-16,18-19,24-26,28-35H,6-7H2/t11-,12-,15-,16+,18+,19+,24-,25+/m1/s1. The number of fused-ring (bicyclic) bond motifs is 1. The van der Waals surface area contributed by atoms with Crippen LogP contribution in [0, 0.1) is 0 Å². The molecule has 9 N–H and O–H groups in total. The van der Waals surface area contributed by atoms with Crippen LogP contribution in [0.5, 0.6) is 28.7 Å². The molecule has 2 aromatic carbocycles. The molecular formula is C25H26O15. The topological polar surface area (TPSA) is 249 Å². The summed E-state index contributed by atoms with van der Waals surface area (Å²) in [6.07, 6.45) is -13.5. The van der Waals surface area contributed by atoms with Crippen molar-refractivity contribution in [2.45, 2.75) is 49.2 Å². The first-order valence-electron chi connectivity index (χ1n) is 12.0. The maximum atomic E-state index is 13.2. The van der Waals surface area contributed by atoms with Crippen LogP contribution in [0.2, 0.25) is 0 Å². The van der Waals surface area contributed by atoms with Gasteiger partial charge in [0.2, 0.25) is 29.8 Å². The fourth-order valence-corrected chi connectivity index (χ4v) is 4.30. The van der Waals surface area contributed by atoms with E-state index in [-0.39, 0.29) is 11.5 Å². The van der Waals surface area contributed by atoms with Gasteiger partial charge < -0.3 is 69.3 Å². The number of benzene rings is 2. The van der Waals surface area contributed by atoms with Crippen LogP contribution in [0.25, 0.3) is 22.3 Å². The number of hydrogen-bond donors (Lipinski definition) is 9. The summed E-state index contributed by atoms with van der Waals surface area (Å²) in [7, 11) is 0. The quantitative estimate of drug-likeness (QED) is 0.165. The molecule has 0 radical (unpaired) electrons. The minimum absolute atomic E-state index is 0.0677. The SMILES string of the molecule is O=c1cc(-c2ccc(O)cc2)oc2c(O[C@@H]3OC[C@@H](O)[C@H](O)[C@@H]3O)c(O)c(O[C@H]3OC[C@@H](O)[C@@H](O)[C@@H]3O)c(O)c12. The summed E-state index contributed by atoms with van der Waals surface area (Å²) in [5, 5.41) is 91.2. The molecule has 2 aliphatic heterocycles. The van der Waals surface area contributed by atoms with Gasteiger partial charge in [-0.3, -0.25) is 4.79 Å². The lowest BCUT2D eigenvalue weighted by Crippen LogP contribution is -2.55. The first kappa shape index (κ1) is 27.9. The van der Waals surface area contributed by atoms with Crippen molar-refractivity contribution >= 4 is 11.0 Å². The van der Waals surface area contributed by atoms with Crippen molar-refractivity contribution in [2.75, 3.05) is 13.2 Å². The Morgan fingerprint density at radius 1 is 0.700 bits per heavy atom. The Labute approximate surface area is 223 Å². The zero-order valence-electron chi connectivity index (χ0n) is 20.4. The van der Waals surface area contributed by atoms with E-state index in [9.17, 15) is 50.8 Å². The summed E-state index contributed by atoms with van der Waals surface area (Å²) in [6, 6.07) is 6.48. The maximum Gasteiger partial charge on any atom is 0.229 e. The minimum Gasteiger partial charge on any atom is -0.508 e. The number of rotatable bonds is 5. The lowest BCUT2D eigenvalue weighted by atomic mass is 10.1. The molecule has 15 heteroatoms. The second-order valence-corrected chi connectivity index (χ2v) is 9.32. The summed E-state index contributed by atoms with van der Waals surface area (Å²) in [4.78, 5) is 13.2. The van der Waals surface area contributed by atoms with E-state index in [4.69, 9.17) is 23.4 Å². The van der Waals surface area contributed by atoms with E-state index in [0.29, 0.717) is 5.56 Å². The average Bonchev–Trinajstić information content (AvgIpc) is 2.93. The third-order valence-electron chi connectivity index (χ3n) is 6.56. The van der Waals surface area contributed by atoms with Crippen LogP contribution >= 0.6 is 0 Å². The van der Waals surface area contributed by atoms with Gasteiger partial charge in [-0.25, -0.2) is 0 Å². The first-order chi connectivity index (χ1) is 19.0. The molecule has 2 fully saturated rings. The Morgan fingerprint density at radius 3 is 1.77 bits per heavy atom. The monoisotopic (exact) mass is 566 g/mol. The third kappa shape index (κ3) is 4.89. The summed E-state index contributed by atoms with van der Waals surface area (Å²) >= 11 is 0. The molecular weight excluding hydrogens is 540 g/mol. The van der Waals surface area contributed by atoms with Crippen LogP contribution in [0.15, 0.2) is 39.5 Å². The minimum atomic E-state index is -1.85. The molecule has 1 aromatic heterocycles. The number of phenolic OH excluding ortho intramolecular Hbond substituents is 3. The molecule has 0 aliphatic carbocycles. The molecule has 216 valence electrons. The molecule has 3 heterocycles. The molecule has 40 heavy (non-hydrogen) atoms. The molecule has 5 rings (SSSR count). The molecule has 2 saturated heterocycles. The molecule has 0 unspecified atom stereocenters. The van der Waals surface area contributed by atoms with E-state index in [1.807, 2.05) is 0 Å². The van der Waals surface area contributed by atoms with Crippen molar-refractivity contribution in [1.29, 1.82) is 0 Å². The summed E-state index contributed by atoms with van der Waals surface area (Å²) in [5.74, 6) is -3.71.